The second-order valence-electron chi connectivity index (χ2n) is 7.50. The number of H-pyrrole nitrogens is 1. The summed E-state index contributed by atoms with van der Waals surface area (Å²) in [4.78, 5) is 44.0. The summed E-state index contributed by atoms with van der Waals surface area (Å²) in [5.74, 6) is -2.56. The summed E-state index contributed by atoms with van der Waals surface area (Å²) in [5.41, 5.74) is 12.4. The van der Waals surface area contributed by atoms with Crippen LogP contribution >= 0.6 is 0 Å². The molecule has 10 N–H and O–H groups in total. The molecule has 1 aromatic heterocycles. The van der Waals surface area contributed by atoms with Crippen LogP contribution in [0.5, 0.6) is 0 Å². The number of hydrogen-bond donors (Lipinski definition) is 8. The van der Waals surface area contributed by atoms with Gasteiger partial charge in [-0.25, -0.2) is 9.78 Å². The number of carbonyl (C=O) groups excluding carboxylic acids is 2. The average Bonchev–Trinajstić information content (AvgIpc) is 3.29. The van der Waals surface area contributed by atoms with Crippen LogP contribution in [0.15, 0.2) is 42.9 Å². The molecule has 0 spiro atoms. The Hall–Kier alpha value is -3.93. The highest BCUT2D eigenvalue weighted by Crippen LogP contribution is 2.06. The summed E-state index contributed by atoms with van der Waals surface area (Å²) >= 11 is 0. The van der Waals surface area contributed by atoms with Crippen LogP contribution in [0, 0.1) is 5.41 Å². The monoisotopic (exact) mass is 458 g/mol. The molecule has 33 heavy (non-hydrogen) atoms. The molecule has 0 unspecified atom stereocenters. The minimum absolute atomic E-state index is 0.0146. The Morgan fingerprint density at radius 2 is 1.79 bits per heavy atom. The number of aromatic nitrogens is 2. The minimum Gasteiger partial charge on any atom is -0.480 e. The molecule has 0 aliphatic heterocycles. The number of nitrogens with two attached hydrogens (primary N) is 2. The third-order valence-corrected chi connectivity index (χ3v) is 4.84. The second kappa shape index (κ2) is 12.8. The van der Waals surface area contributed by atoms with E-state index in [2.05, 4.69) is 25.9 Å². The fourth-order valence-corrected chi connectivity index (χ4v) is 3.10. The van der Waals surface area contributed by atoms with E-state index in [1.54, 1.807) is 30.5 Å². The van der Waals surface area contributed by atoms with Gasteiger partial charge in [-0.3, -0.25) is 15.0 Å². The molecule has 0 aliphatic carbocycles. The number of hydrogen-bond acceptors (Lipinski definition) is 6. The molecule has 1 heterocycles. The molecule has 0 bridgehead atoms. The molecule has 0 fully saturated rings. The Morgan fingerprint density at radius 1 is 1.09 bits per heavy atom. The van der Waals surface area contributed by atoms with Crippen LogP contribution in [0.4, 0.5) is 0 Å². The van der Waals surface area contributed by atoms with E-state index >= 15 is 0 Å². The van der Waals surface area contributed by atoms with Gasteiger partial charge in [-0.1, -0.05) is 30.3 Å². The van der Waals surface area contributed by atoms with Crippen molar-refractivity contribution in [1.82, 2.24) is 25.9 Å². The Balaban J connectivity index is 2.05. The van der Waals surface area contributed by atoms with Crippen molar-refractivity contribution >= 4 is 23.7 Å². The number of aromatic amines is 1. The summed E-state index contributed by atoms with van der Waals surface area (Å²) < 4.78 is 0. The van der Waals surface area contributed by atoms with E-state index in [1.807, 2.05) is 6.07 Å². The molecule has 0 aliphatic rings. The van der Waals surface area contributed by atoms with E-state index in [9.17, 15) is 19.5 Å². The zero-order chi connectivity index (χ0) is 24.2. The molecule has 2 rings (SSSR count). The standard InChI is InChI=1S/C21H30N8O4/c22-15(7-4-8-26-21(23)24)18(30)28-16(9-13-5-2-1-3-6-13)19(31)29-17(20(32)33)10-14-11-25-12-27-14/h1-3,5-6,11-12,15-17H,4,7-10,22H2,(H,25,27)(H,28,30)(H,29,31)(H,32,33)(H4,23,24,26)/t15-,16-,17-/m0/s1. The number of carbonyl (C=O) groups is 3. The van der Waals surface area contributed by atoms with Crippen LogP contribution in [-0.2, 0) is 27.2 Å². The minimum atomic E-state index is -1.22. The van der Waals surface area contributed by atoms with Gasteiger partial charge in [0, 0.05) is 25.6 Å². The quantitative estimate of drug-likeness (QED) is 0.104. The predicted octanol–water partition coefficient (Wildman–Crippen LogP) is -1.16. The van der Waals surface area contributed by atoms with E-state index < -0.39 is 35.9 Å². The number of amides is 2. The smallest absolute Gasteiger partial charge is 0.326 e. The molecule has 12 heteroatoms. The summed E-state index contributed by atoms with van der Waals surface area (Å²) in [6.45, 7) is 0.387. The van der Waals surface area contributed by atoms with E-state index in [0.29, 0.717) is 25.1 Å². The third-order valence-electron chi connectivity index (χ3n) is 4.84. The van der Waals surface area contributed by atoms with Gasteiger partial charge in [0.15, 0.2) is 5.96 Å². The van der Waals surface area contributed by atoms with Crippen molar-refractivity contribution in [2.24, 2.45) is 11.5 Å². The van der Waals surface area contributed by atoms with E-state index in [0.717, 1.165) is 5.56 Å². The number of nitrogens with one attached hydrogen (secondary N) is 5. The van der Waals surface area contributed by atoms with Crippen LogP contribution in [-0.4, -0.2) is 63.5 Å². The SMILES string of the molecule is N=C(N)NCCC[C@H](N)C(=O)N[C@@H](Cc1ccccc1)C(=O)N[C@@H](Cc1c[nH]cn1)C(=O)O. The van der Waals surface area contributed by atoms with Crippen molar-refractivity contribution in [3.63, 3.8) is 0 Å². The Labute approximate surface area is 191 Å². The van der Waals surface area contributed by atoms with Crippen molar-refractivity contribution in [3.05, 3.63) is 54.1 Å². The van der Waals surface area contributed by atoms with Gasteiger partial charge in [0.2, 0.25) is 11.8 Å². The fraction of sp³-hybridized carbons (Fsp3) is 0.381. The first-order valence-corrected chi connectivity index (χ1v) is 10.4. The number of nitrogens with zero attached hydrogens (tertiary/aromatic N) is 1. The normalized spacial score (nSPS) is 13.4. The highest BCUT2D eigenvalue weighted by molar-refractivity contribution is 5.92. The highest BCUT2D eigenvalue weighted by atomic mass is 16.4. The number of carboxylic acids is 1. The van der Waals surface area contributed by atoms with Gasteiger partial charge in [-0.15, -0.1) is 0 Å². The van der Waals surface area contributed by atoms with Crippen LogP contribution < -0.4 is 27.4 Å². The molecule has 2 amide bonds. The maximum absolute atomic E-state index is 13.0. The number of aliphatic carboxylic acids is 1. The molecule has 0 saturated heterocycles. The second-order valence-corrected chi connectivity index (χ2v) is 7.50. The maximum atomic E-state index is 13.0. The lowest BCUT2D eigenvalue weighted by atomic mass is 10.0. The molecular weight excluding hydrogens is 428 g/mol. The Bertz CT molecular complexity index is 920. The van der Waals surface area contributed by atoms with E-state index in [1.165, 1.54) is 6.33 Å². The van der Waals surface area contributed by atoms with Gasteiger partial charge in [-0.2, -0.15) is 0 Å². The maximum Gasteiger partial charge on any atom is 0.326 e. The van der Waals surface area contributed by atoms with Gasteiger partial charge in [0.25, 0.3) is 0 Å². The number of carboxylic acid groups (broad SMARTS) is 1. The summed E-state index contributed by atoms with van der Waals surface area (Å²) in [6, 6.07) is 5.91. The summed E-state index contributed by atoms with van der Waals surface area (Å²) in [6.07, 6.45) is 3.91. The molecule has 1 aromatic carbocycles. The van der Waals surface area contributed by atoms with Crippen LogP contribution in [0.3, 0.4) is 0 Å². The van der Waals surface area contributed by atoms with Crippen molar-refractivity contribution in [3.8, 4) is 0 Å². The third kappa shape index (κ3) is 8.99. The number of benzene rings is 1. The van der Waals surface area contributed by atoms with Crippen LogP contribution in [0.25, 0.3) is 0 Å². The molecule has 178 valence electrons. The van der Waals surface area contributed by atoms with Gasteiger partial charge in [0.05, 0.1) is 18.1 Å². The molecule has 0 radical (unpaired) electrons. The van der Waals surface area contributed by atoms with Gasteiger partial charge >= 0.3 is 5.97 Å². The van der Waals surface area contributed by atoms with Gasteiger partial charge in [0.1, 0.15) is 12.1 Å². The largest absolute Gasteiger partial charge is 0.480 e. The Morgan fingerprint density at radius 3 is 2.39 bits per heavy atom. The first-order valence-electron chi connectivity index (χ1n) is 10.4. The highest BCUT2D eigenvalue weighted by Gasteiger charge is 2.28. The number of rotatable bonds is 13. The van der Waals surface area contributed by atoms with Gasteiger partial charge in [-0.05, 0) is 18.4 Å². The fourth-order valence-electron chi connectivity index (χ4n) is 3.10. The molecule has 2 aromatic rings. The van der Waals surface area contributed by atoms with Crippen molar-refractivity contribution in [1.29, 1.82) is 5.41 Å². The first-order chi connectivity index (χ1) is 15.8. The lowest BCUT2D eigenvalue weighted by Gasteiger charge is -2.23. The van der Waals surface area contributed by atoms with Gasteiger partial charge < -0.3 is 37.5 Å². The average molecular weight is 459 g/mol. The molecule has 3 atom stereocenters. The first kappa shape index (κ1) is 25.3. The lowest BCUT2D eigenvalue weighted by Crippen LogP contribution is -2.55. The number of imidazole rings is 1. The Kier molecular flexibility index (Phi) is 9.83. The topological polar surface area (TPSA) is 212 Å². The molecule has 0 saturated carbocycles. The van der Waals surface area contributed by atoms with Crippen molar-refractivity contribution < 1.29 is 19.5 Å². The van der Waals surface area contributed by atoms with E-state index in [4.69, 9.17) is 16.9 Å². The molecule has 12 nitrogen and oxygen atoms in total. The molecular formula is C21H30N8O4. The zero-order valence-electron chi connectivity index (χ0n) is 18.1. The van der Waals surface area contributed by atoms with Crippen LogP contribution in [0.1, 0.15) is 24.1 Å². The zero-order valence-corrected chi connectivity index (χ0v) is 18.1. The predicted molar refractivity (Wildman–Crippen MR) is 121 cm³/mol. The van der Waals surface area contributed by atoms with Crippen molar-refractivity contribution in [2.75, 3.05) is 6.54 Å². The summed E-state index contributed by atoms with van der Waals surface area (Å²) in [5, 5.41) is 24.4. The van der Waals surface area contributed by atoms with E-state index in [-0.39, 0.29) is 18.8 Å². The van der Waals surface area contributed by atoms with Crippen LogP contribution in [0.2, 0.25) is 0 Å². The van der Waals surface area contributed by atoms with Crippen molar-refractivity contribution in [2.45, 2.75) is 43.8 Å². The number of guanidine groups is 1. The summed E-state index contributed by atoms with van der Waals surface area (Å²) in [7, 11) is 0. The lowest BCUT2D eigenvalue weighted by molar-refractivity contribution is -0.142.